The highest BCUT2D eigenvalue weighted by molar-refractivity contribution is 5.92. The van der Waals surface area contributed by atoms with Crippen molar-refractivity contribution in [3.8, 4) is 0 Å². The van der Waals surface area contributed by atoms with Crippen molar-refractivity contribution in [3.63, 3.8) is 0 Å². The van der Waals surface area contributed by atoms with Crippen molar-refractivity contribution in [3.05, 3.63) is 69.8 Å². The van der Waals surface area contributed by atoms with Crippen LogP contribution < -0.4 is 0 Å². The first-order valence-electron chi connectivity index (χ1n) is 6.96. The molecule has 0 aromatic heterocycles. The van der Waals surface area contributed by atoms with Crippen molar-refractivity contribution >= 4 is 11.6 Å². The fourth-order valence-corrected chi connectivity index (χ4v) is 3.09. The van der Waals surface area contributed by atoms with Crippen LogP contribution in [0.3, 0.4) is 0 Å². The minimum atomic E-state index is 0.498. The van der Waals surface area contributed by atoms with Gasteiger partial charge in [-0.1, -0.05) is 55.0 Å². The molecule has 1 atom stereocenters. The zero-order chi connectivity index (χ0) is 13.6. The lowest BCUT2D eigenvalue weighted by molar-refractivity contribution is 0.985. The van der Waals surface area contributed by atoms with Gasteiger partial charge in [0, 0.05) is 5.92 Å². The zero-order valence-electron chi connectivity index (χ0n) is 12.1. The molecule has 1 aliphatic carbocycles. The van der Waals surface area contributed by atoms with Gasteiger partial charge in [-0.25, -0.2) is 0 Å². The molecule has 0 heteroatoms. The lowest BCUT2D eigenvalue weighted by Gasteiger charge is -2.15. The molecule has 0 amide bonds. The summed E-state index contributed by atoms with van der Waals surface area (Å²) < 4.78 is 0. The van der Waals surface area contributed by atoms with Crippen LogP contribution in [0.1, 0.15) is 46.2 Å². The van der Waals surface area contributed by atoms with E-state index in [1.807, 2.05) is 0 Å². The maximum atomic E-state index is 2.36. The molecule has 0 aliphatic heterocycles. The highest BCUT2D eigenvalue weighted by atomic mass is 14.3. The molecule has 2 aromatic carbocycles. The molecule has 0 saturated heterocycles. The minimum Gasteiger partial charge on any atom is -0.0587 e. The van der Waals surface area contributed by atoms with Crippen LogP contribution in [0.2, 0.25) is 0 Å². The van der Waals surface area contributed by atoms with Gasteiger partial charge in [0.2, 0.25) is 0 Å². The first-order valence-corrected chi connectivity index (χ1v) is 6.96. The third-order valence-electron chi connectivity index (χ3n) is 4.41. The molecule has 0 saturated carbocycles. The van der Waals surface area contributed by atoms with Gasteiger partial charge in [-0.3, -0.25) is 0 Å². The van der Waals surface area contributed by atoms with E-state index in [4.69, 9.17) is 0 Å². The van der Waals surface area contributed by atoms with Gasteiger partial charge >= 0.3 is 0 Å². The predicted molar refractivity (Wildman–Crippen MR) is 83.4 cm³/mol. The molecule has 2 aromatic rings. The lowest BCUT2D eigenvalue weighted by atomic mass is 9.89. The Kier molecular flexibility index (Phi) is 2.82. The fraction of sp³-hybridized carbons (Fsp3) is 0.263. The normalized spacial score (nSPS) is 17.3. The largest absolute Gasteiger partial charge is 0.0587 e. The molecular formula is C19H20. The van der Waals surface area contributed by atoms with Gasteiger partial charge in [-0.2, -0.15) is 0 Å². The molecule has 3 rings (SSSR count). The Hall–Kier alpha value is -1.82. The molecule has 0 bridgehead atoms. The molecule has 0 spiro atoms. The molecule has 1 unspecified atom stereocenters. The molecule has 0 N–H and O–H groups in total. The Labute approximate surface area is 115 Å². The molecule has 0 fully saturated rings. The van der Waals surface area contributed by atoms with Crippen molar-refractivity contribution in [1.82, 2.24) is 0 Å². The number of hydrogen-bond donors (Lipinski definition) is 0. The maximum Gasteiger partial charge on any atom is 0.00758 e. The minimum absolute atomic E-state index is 0.498. The van der Waals surface area contributed by atoms with Gasteiger partial charge in [-0.15, -0.1) is 0 Å². The molecule has 19 heavy (non-hydrogen) atoms. The SMILES string of the molecule is Cc1ccc(C2=Cc3ccc(C)c(C)c3C2C)cc1. The van der Waals surface area contributed by atoms with Crippen LogP contribution in [0, 0.1) is 20.8 Å². The Bertz CT molecular complexity index is 657. The quantitative estimate of drug-likeness (QED) is 0.645. The highest BCUT2D eigenvalue weighted by Gasteiger charge is 2.24. The summed E-state index contributed by atoms with van der Waals surface area (Å²) in [5.41, 5.74) is 9.86. The van der Waals surface area contributed by atoms with Crippen molar-refractivity contribution in [1.29, 1.82) is 0 Å². The van der Waals surface area contributed by atoms with Crippen LogP contribution in [0.15, 0.2) is 36.4 Å². The topological polar surface area (TPSA) is 0 Å². The van der Waals surface area contributed by atoms with E-state index in [1.54, 1.807) is 0 Å². The molecule has 1 aliphatic rings. The summed E-state index contributed by atoms with van der Waals surface area (Å²) in [6.45, 7) is 8.91. The van der Waals surface area contributed by atoms with E-state index >= 15 is 0 Å². The van der Waals surface area contributed by atoms with Crippen molar-refractivity contribution in [2.75, 3.05) is 0 Å². The van der Waals surface area contributed by atoms with E-state index in [0.717, 1.165) is 0 Å². The summed E-state index contributed by atoms with van der Waals surface area (Å²) in [5, 5.41) is 0. The average molecular weight is 248 g/mol. The van der Waals surface area contributed by atoms with E-state index in [-0.39, 0.29) is 0 Å². The standard InChI is InChI=1S/C19H20/c1-12-5-8-16(9-6-12)18-11-17-10-7-13(2)14(3)19(17)15(18)4/h5-11,15H,1-4H3. The van der Waals surface area contributed by atoms with E-state index in [0.29, 0.717) is 5.92 Å². The predicted octanol–water partition coefficient (Wildman–Crippen LogP) is 5.27. The monoisotopic (exact) mass is 248 g/mol. The Balaban J connectivity index is 2.09. The van der Waals surface area contributed by atoms with Crippen molar-refractivity contribution < 1.29 is 0 Å². The Morgan fingerprint density at radius 1 is 0.842 bits per heavy atom. The first kappa shape index (κ1) is 12.2. The van der Waals surface area contributed by atoms with Crippen molar-refractivity contribution in [2.24, 2.45) is 0 Å². The maximum absolute atomic E-state index is 2.36. The molecular weight excluding hydrogens is 228 g/mol. The van der Waals surface area contributed by atoms with Crippen LogP contribution in [-0.4, -0.2) is 0 Å². The first-order chi connectivity index (χ1) is 9.08. The van der Waals surface area contributed by atoms with Gasteiger partial charge < -0.3 is 0 Å². The van der Waals surface area contributed by atoms with E-state index in [9.17, 15) is 0 Å². The van der Waals surface area contributed by atoms with Crippen LogP contribution in [0.5, 0.6) is 0 Å². The van der Waals surface area contributed by atoms with Gasteiger partial charge in [0.25, 0.3) is 0 Å². The third-order valence-corrected chi connectivity index (χ3v) is 4.41. The second-order valence-electron chi connectivity index (χ2n) is 5.70. The third kappa shape index (κ3) is 1.92. The number of rotatable bonds is 1. The van der Waals surface area contributed by atoms with Gasteiger partial charge in [0.15, 0.2) is 0 Å². The number of allylic oxidation sites excluding steroid dienone is 1. The zero-order valence-corrected chi connectivity index (χ0v) is 12.1. The van der Waals surface area contributed by atoms with E-state index < -0.39 is 0 Å². The molecule has 0 nitrogen and oxygen atoms in total. The molecule has 0 radical (unpaired) electrons. The Morgan fingerprint density at radius 2 is 1.53 bits per heavy atom. The Morgan fingerprint density at radius 3 is 2.21 bits per heavy atom. The fourth-order valence-electron chi connectivity index (χ4n) is 3.09. The summed E-state index contributed by atoms with van der Waals surface area (Å²) in [7, 11) is 0. The van der Waals surface area contributed by atoms with Crippen LogP contribution in [0.4, 0.5) is 0 Å². The number of fused-ring (bicyclic) bond motifs is 1. The average Bonchev–Trinajstić information content (AvgIpc) is 2.73. The lowest BCUT2D eigenvalue weighted by Crippen LogP contribution is -1.98. The van der Waals surface area contributed by atoms with E-state index in [1.165, 1.54) is 39.0 Å². The number of aryl methyl sites for hydroxylation is 2. The van der Waals surface area contributed by atoms with Gasteiger partial charge in [0.05, 0.1) is 0 Å². The number of benzene rings is 2. The van der Waals surface area contributed by atoms with Crippen molar-refractivity contribution in [2.45, 2.75) is 33.6 Å². The highest BCUT2D eigenvalue weighted by Crippen LogP contribution is 2.43. The summed E-state index contributed by atoms with van der Waals surface area (Å²) in [6, 6.07) is 13.4. The van der Waals surface area contributed by atoms with Gasteiger partial charge in [-0.05, 0) is 54.2 Å². The summed E-state index contributed by atoms with van der Waals surface area (Å²) in [4.78, 5) is 0. The molecule has 96 valence electrons. The smallest absolute Gasteiger partial charge is 0.00758 e. The summed E-state index contributed by atoms with van der Waals surface area (Å²) in [6.07, 6.45) is 2.36. The summed E-state index contributed by atoms with van der Waals surface area (Å²) >= 11 is 0. The number of hydrogen-bond acceptors (Lipinski definition) is 0. The summed E-state index contributed by atoms with van der Waals surface area (Å²) in [5.74, 6) is 0.498. The van der Waals surface area contributed by atoms with Crippen LogP contribution in [-0.2, 0) is 0 Å². The van der Waals surface area contributed by atoms with Crippen LogP contribution in [0.25, 0.3) is 11.6 Å². The van der Waals surface area contributed by atoms with E-state index in [2.05, 4.69) is 70.2 Å². The van der Waals surface area contributed by atoms with Crippen LogP contribution >= 0.6 is 0 Å². The second-order valence-corrected chi connectivity index (χ2v) is 5.70. The second kappa shape index (κ2) is 4.38. The van der Waals surface area contributed by atoms with Gasteiger partial charge in [0.1, 0.15) is 0 Å². The molecule has 0 heterocycles.